The number of hydrogen-bond acceptors (Lipinski definition) is 6. The molecule has 0 radical (unpaired) electrons. The zero-order chi connectivity index (χ0) is 18.6. The second-order valence-electron chi connectivity index (χ2n) is 7.57. The third-order valence-corrected chi connectivity index (χ3v) is 6.32. The smallest absolute Gasteiger partial charge is 0.232 e. The average Bonchev–Trinajstić information content (AvgIpc) is 3.17. The van der Waals surface area contributed by atoms with Crippen molar-refractivity contribution < 1.29 is 14.3 Å². The molecule has 3 aliphatic heterocycles. The highest BCUT2D eigenvalue weighted by atomic mass is 32.2. The lowest BCUT2D eigenvalue weighted by Crippen LogP contribution is -2.55. The minimum atomic E-state index is 0.300. The molecular formula is C20H29N3O3S. The first-order valence-corrected chi connectivity index (χ1v) is 11.2. The molecule has 7 heteroatoms. The van der Waals surface area contributed by atoms with Crippen LogP contribution in [0.1, 0.15) is 18.4 Å². The van der Waals surface area contributed by atoms with Crippen molar-refractivity contribution in [1.82, 2.24) is 14.7 Å². The van der Waals surface area contributed by atoms with E-state index in [1.54, 1.807) is 11.8 Å². The van der Waals surface area contributed by atoms with Gasteiger partial charge in [0, 0.05) is 51.9 Å². The number of nitrogens with zero attached hydrogens (tertiary/aromatic N) is 3. The highest BCUT2D eigenvalue weighted by molar-refractivity contribution is 7.99. The highest BCUT2D eigenvalue weighted by Crippen LogP contribution is 2.33. The van der Waals surface area contributed by atoms with Crippen LogP contribution in [0, 0.1) is 0 Å². The van der Waals surface area contributed by atoms with Gasteiger partial charge in [-0.3, -0.25) is 14.6 Å². The van der Waals surface area contributed by atoms with Gasteiger partial charge in [0.1, 0.15) is 0 Å². The van der Waals surface area contributed by atoms with Crippen LogP contribution in [0.2, 0.25) is 0 Å². The molecule has 1 aromatic carbocycles. The number of amides is 1. The largest absolute Gasteiger partial charge is 0.454 e. The predicted octanol–water partition coefficient (Wildman–Crippen LogP) is 1.89. The van der Waals surface area contributed by atoms with Crippen molar-refractivity contribution >= 4 is 17.7 Å². The molecular weight excluding hydrogens is 362 g/mol. The zero-order valence-corrected chi connectivity index (χ0v) is 16.9. The molecule has 0 spiro atoms. The summed E-state index contributed by atoms with van der Waals surface area (Å²) in [5.74, 6) is 2.62. The molecule has 1 amide bonds. The summed E-state index contributed by atoms with van der Waals surface area (Å²) in [4.78, 5) is 19.4. The van der Waals surface area contributed by atoms with Crippen LogP contribution in [0.15, 0.2) is 18.2 Å². The third kappa shape index (κ3) is 4.52. The van der Waals surface area contributed by atoms with E-state index in [-0.39, 0.29) is 0 Å². The van der Waals surface area contributed by atoms with Crippen LogP contribution in [0.4, 0.5) is 0 Å². The Morgan fingerprint density at radius 1 is 1.15 bits per heavy atom. The number of ether oxygens (including phenoxy) is 2. The molecule has 0 aromatic heterocycles. The maximum absolute atomic E-state index is 12.2. The SMILES string of the molecule is CSCC(=O)N1CCCC(N2CCN(Cc3ccc4c(c3)OCO4)CC2)C1. The fourth-order valence-corrected chi connectivity index (χ4v) is 4.71. The van der Waals surface area contributed by atoms with E-state index in [2.05, 4.69) is 26.8 Å². The van der Waals surface area contributed by atoms with E-state index >= 15 is 0 Å². The molecule has 0 N–H and O–H groups in total. The van der Waals surface area contributed by atoms with E-state index in [9.17, 15) is 4.79 Å². The molecule has 1 atom stereocenters. The van der Waals surface area contributed by atoms with Crippen LogP contribution in [0.5, 0.6) is 11.5 Å². The van der Waals surface area contributed by atoms with Gasteiger partial charge in [-0.2, -0.15) is 11.8 Å². The number of carbonyl (C=O) groups is 1. The summed E-state index contributed by atoms with van der Waals surface area (Å²) in [6, 6.07) is 6.77. The summed E-state index contributed by atoms with van der Waals surface area (Å²) in [6.07, 6.45) is 4.34. The Bertz CT molecular complexity index is 664. The van der Waals surface area contributed by atoms with E-state index in [0.717, 1.165) is 63.7 Å². The molecule has 1 unspecified atom stereocenters. The van der Waals surface area contributed by atoms with E-state index in [1.165, 1.54) is 12.0 Å². The Balaban J connectivity index is 1.27. The number of carbonyl (C=O) groups excluding carboxylic acids is 1. The fraction of sp³-hybridized carbons (Fsp3) is 0.650. The third-order valence-electron chi connectivity index (χ3n) is 5.78. The molecule has 2 fully saturated rings. The Morgan fingerprint density at radius 3 is 2.78 bits per heavy atom. The fourth-order valence-electron chi connectivity index (χ4n) is 4.28. The van der Waals surface area contributed by atoms with E-state index in [0.29, 0.717) is 24.5 Å². The minimum absolute atomic E-state index is 0.300. The van der Waals surface area contributed by atoms with Crippen molar-refractivity contribution in [3.63, 3.8) is 0 Å². The molecule has 3 heterocycles. The van der Waals surface area contributed by atoms with Gasteiger partial charge in [-0.15, -0.1) is 0 Å². The van der Waals surface area contributed by atoms with Gasteiger partial charge in [-0.1, -0.05) is 6.07 Å². The van der Waals surface area contributed by atoms with Crippen LogP contribution >= 0.6 is 11.8 Å². The standard InChI is InChI=1S/C20H29N3O3S/c1-27-14-20(24)23-6-2-3-17(13-23)22-9-7-21(8-10-22)12-16-4-5-18-19(11-16)26-15-25-18/h4-5,11,17H,2-3,6-10,12-15H2,1H3. The van der Waals surface area contributed by atoms with E-state index in [1.807, 2.05) is 12.3 Å². The number of piperazine rings is 1. The van der Waals surface area contributed by atoms with Crippen molar-refractivity contribution in [2.45, 2.75) is 25.4 Å². The summed E-state index contributed by atoms with van der Waals surface area (Å²) in [7, 11) is 0. The number of piperidine rings is 1. The lowest BCUT2D eigenvalue weighted by Gasteiger charge is -2.43. The molecule has 148 valence electrons. The summed E-state index contributed by atoms with van der Waals surface area (Å²) >= 11 is 1.62. The lowest BCUT2D eigenvalue weighted by atomic mass is 10.0. The van der Waals surface area contributed by atoms with Gasteiger partial charge in [0.25, 0.3) is 0 Å². The summed E-state index contributed by atoms with van der Waals surface area (Å²) in [5, 5.41) is 0. The van der Waals surface area contributed by atoms with Crippen molar-refractivity contribution in [2.75, 3.05) is 58.1 Å². The van der Waals surface area contributed by atoms with Gasteiger partial charge in [-0.05, 0) is 36.8 Å². The Labute approximate surface area is 165 Å². The Hall–Kier alpha value is -1.44. The Morgan fingerprint density at radius 2 is 1.96 bits per heavy atom. The van der Waals surface area contributed by atoms with E-state index in [4.69, 9.17) is 9.47 Å². The number of hydrogen-bond donors (Lipinski definition) is 0. The number of thioether (sulfide) groups is 1. The van der Waals surface area contributed by atoms with Gasteiger partial charge in [0.2, 0.25) is 12.7 Å². The van der Waals surface area contributed by atoms with Gasteiger partial charge < -0.3 is 14.4 Å². The van der Waals surface area contributed by atoms with Gasteiger partial charge >= 0.3 is 0 Å². The van der Waals surface area contributed by atoms with Gasteiger partial charge in [0.05, 0.1) is 5.75 Å². The number of likely N-dealkylation sites (tertiary alicyclic amines) is 1. The molecule has 3 aliphatic rings. The molecule has 1 aromatic rings. The first kappa shape index (κ1) is 18.9. The van der Waals surface area contributed by atoms with Crippen molar-refractivity contribution in [3.05, 3.63) is 23.8 Å². The summed E-state index contributed by atoms with van der Waals surface area (Å²) in [6.45, 7) is 7.43. The molecule has 4 rings (SSSR count). The minimum Gasteiger partial charge on any atom is -0.454 e. The quantitative estimate of drug-likeness (QED) is 0.764. The monoisotopic (exact) mass is 391 g/mol. The topological polar surface area (TPSA) is 45.3 Å². The van der Waals surface area contributed by atoms with Crippen LogP contribution < -0.4 is 9.47 Å². The molecule has 6 nitrogen and oxygen atoms in total. The number of rotatable bonds is 5. The van der Waals surface area contributed by atoms with Crippen LogP contribution in [-0.4, -0.2) is 84.7 Å². The predicted molar refractivity (Wildman–Crippen MR) is 107 cm³/mol. The van der Waals surface area contributed by atoms with Crippen LogP contribution in [0.25, 0.3) is 0 Å². The maximum atomic E-state index is 12.2. The van der Waals surface area contributed by atoms with Crippen LogP contribution in [0.3, 0.4) is 0 Å². The zero-order valence-electron chi connectivity index (χ0n) is 16.1. The first-order chi connectivity index (χ1) is 13.2. The van der Waals surface area contributed by atoms with Crippen molar-refractivity contribution in [1.29, 1.82) is 0 Å². The summed E-state index contributed by atoms with van der Waals surface area (Å²) in [5.41, 5.74) is 1.28. The number of benzene rings is 1. The van der Waals surface area contributed by atoms with Crippen LogP contribution in [-0.2, 0) is 11.3 Å². The maximum Gasteiger partial charge on any atom is 0.232 e. The lowest BCUT2D eigenvalue weighted by molar-refractivity contribution is -0.130. The molecule has 0 aliphatic carbocycles. The second-order valence-corrected chi connectivity index (χ2v) is 8.43. The second kappa shape index (κ2) is 8.71. The van der Waals surface area contributed by atoms with Crippen molar-refractivity contribution in [2.24, 2.45) is 0 Å². The highest BCUT2D eigenvalue weighted by Gasteiger charge is 2.29. The molecule has 2 saturated heterocycles. The van der Waals surface area contributed by atoms with E-state index < -0.39 is 0 Å². The van der Waals surface area contributed by atoms with Gasteiger partial charge in [0.15, 0.2) is 11.5 Å². The van der Waals surface area contributed by atoms with Crippen molar-refractivity contribution in [3.8, 4) is 11.5 Å². The molecule has 0 bridgehead atoms. The van der Waals surface area contributed by atoms with Gasteiger partial charge in [-0.25, -0.2) is 0 Å². The first-order valence-electron chi connectivity index (χ1n) is 9.84. The average molecular weight is 392 g/mol. The normalized spacial score (nSPS) is 23.6. The molecule has 0 saturated carbocycles. The molecule has 27 heavy (non-hydrogen) atoms. The number of fused-ring (bicyclic) bond motifs is 1. The summed E-state index contributed by atoms with van der Waals surface area (Å²) < 4.78 is 10.9. The Kier molecular flexibility index (Phi) is 6.10.